The number of carbonyl (C=O) groups excluding carboxylic acids is 1. The summed E-state index contributed by atoms with van der Waals surface area (Å²) in [5.41, 5.74) is 1.59. The van der Waals surface area contributed by atoms with Crippen LogP contribution < -0.4 is 10.1 Å². The van der Waals surface area contributed by atoms with Crippen LogP contribution in [0.5, 0.6) is 5.88 Å². The molecular formula is C20H18BrN3O2S. The first-order chi connectivity index (χ1) is 13.1. The molecule has 0 radical (unpaired) electrons. The standard InChI is InChI=1S/C20H18BrN3O2S/c1-2-26-18-12-22-11-15(23-18)16-6-7-17(27-16)19(25)24-20(8-9-20)13-4-3-5-14(21)10-13/h3-7,10-12H,2,8-9H2,1H3,(H,24,25). The molecule has 0 unspecified atom stereocenters. The van der Waals surface area contributed by atoms with E-state index < -0.39 is 0 Å². The van der Waals surface area contributed by atoms with Gasteiger partial charge in [0, 0.05) is 4.47 Å². The molecule has 1 fully saturated rings. The van der Waals surface area contributed by atoms with E-state index in [4.69, 9.17) is 4.74 Å². The fourth-order valence-corrected chi connectivity index (χ4v) is 4.21. The van der Waals surface area contributed by atoms with Gasteiger partial charge in [-0.15, -0.1) is 11.3 Å². The van der Waals surface area contributed by atoms with E-state index in [-0.39, 0.29) is 11.4 Å². The number of rotatable bonds is 6. The van der Waals surface area contributed by atoms with Crippen LogP contribution in [0.15, 0.2) is 53.3 Å². The second kappa shape index (κ2) is 7.40. The highest BCUT2D eigenvalue weighted by molar-refractivity contribution is 9.10. The number of halogens is 1. The molecular weight excluding hydrogens is 426 g/mol. The van der Waals surface area contributed by atoms with Gasteiger partial charge in [0.25, 0.3) is 5.91 Å². The van der Waals surface area contributed by atoms with Crippen molar-refractivity contribution in [1.29, 1.82) is 0 Å². The molecule has 1 aliphatic carbocycles. The van der Waals surface area contributed by atoms with Crippen molar-refractivity contribution in [3.05, 3.63) is 63.7 Å². The van der Waals surface area contributed by atoms with Crippen LogP contribution in [0.4, 0.5) is 0 Å². The summed E-state index contributed by atoms with van der Waals surface area (Å²) in [7, 11) is 0. The first kappa shape index (κ1) is 18.1. The summed E-state index contributed by atoms with van der Waals surface area (Å²) >= 11 is 4.91. The molecule has 0 spiro atoms. The minimum absolute atomic E-state index is 0.0577. The summed E-state index contributed by atoms with van der Waals surface area (Å²) in [5.74, 6) is 0.429. The number of amides is 1. The predicted molar refractivity (Wildman–Crippen MR) is 109 cm³/mol. The highest BCUT2D eigenvalue weighted by Crippen LogP contribution is 2.46. The number of nitrogens with zero attached hydrogens (tertiary/aromatic N) is 2. The zero-order valence-corrected chi connectivity index (χ0v) is 17.1. The lowest BCUT2D eigenvalue weighted by Gasteiger charge is -2.17. The van der Waals surface area contributed by atoms with Crippen LogP contribution in [0.3, 0.4) is 0 Å². The van der Waals surface area contributed by atoms with Crippen molar-refractivity contribution in [1.82, 2.24) is 15.3 Å². The molecule has 7 heteroatoms. The number of carbonyl (C=O) groups is 1. The third-order valence-electron chi connectivity index (χ3n) is 4.47. The van der Waals surface area contributed by atoms with Crippen molar-refractivity contribution >= 4 is 33.2 Å². The number of hydrogen-bond donors (Lipinski definition) is 1. The molecule has 0 aliphatic heterocycles. The second-order valence-electron chi connectivity index (χ2n) is 6.39. The van der Waals surface area contributed by atoms with E-state index in [2.05, 4.69) is 43.3 Å². The van der Waals surface area contributed by atoms with Gasteiger partial charge in [-0.2, -0.15) is 0 Å². The Bertz CT molecular complexity index is 985. The molecule has 0 bridgehead atoms. The SMILES string of the molecule is CCOc1cncc(-c2ccc(C(=O)NC3(c4cccc(Br)c4)CC3)s2)n1. The maximum atomic E-state index is 12.8. The van der Waals surface area contributed by atoms with Gasteiger partial charge in [-0.05, 0) is 49.6 Å². The van der Waals surface area contributed by atoms with Crippen LogP contribution in [0, 0.1) is 0 Å². The molecule has 3 aromatic rings. The van der Waals surface area contributed by atoms with Crippen molar-refractivity contribution in [3.8, 4) is 16.5 Å². The van der Waals surface area contributed by atoms with Crippen molar-refractivity contribution in [2.45, 2.75) is 25.3 Å². The number of thiophene rings is 1. The molecule has 1 aromatic carbocycles. The Kier molecular flexibility index (Phi) is 4.97. The van der Waals surface area contributed by atoms with Crippen molar-refractivity contribution < 1.29 is 9.53 Å². The molecule has 1 N–H and O–H groups in total. The maximum absolute atomic E-state index is 12.8. The maximum Gasteiger partial charge on any atom is 0.262 e. The van der Waals surface area contributed by atoms with Crippen LogP contribution in [-0.2, 0) is 5.54 Å². The number of hydrogen-bond acceptors (Lipinski definition) is 5. The average molecular weight is 444 g/mol. The summed E-state index contributed by atoms with van der Waals surface area (Å²) in [6, 6.07) is 11.9. The lowest BCUT2D eigenvalue weighted by Crippen LogP contribution is -2.34. The van der Waals surface area contributed by atoms with Gasteiger partial charge in [-0.1, -0.05) is 28.1 Å². The second-order valence-corrected chi connectivity index (χ2v) is 8.39. The molecule has 5 nitrogen and oxygen atoms in total. The molecule has 138 valence electrons. The average Bonchev–Trinajstić information content (AvgIpc) is 3.27. The third kappa shape index (κ3) is 3.89. The Balaban J connectivity index is 1.52. The van der Waals surface area contributed by atoms with Crippen LogP contribution in [0.1, 0.15) is 35.0 Å². The van der Waals surface area contributed by atoms with Gasteiger partial charge in [0.1, 0.15) is 5.69 Å². The largest absolute Gasteiger partial charge is 0.477 e. The molecule has 0 atom stereocenters. The van der Waals surface area contributed by atoms with Crippen molar-refractivity contribution in [3.63, 3.8) is 0 Å². The van der Waals surface area contributed by atoms with Gasteiger partial charge >= 0.3 is 0 Å². The van der Waals surface area contributed by atoms with Gasteiger partial charge in [-0.3, -0.25) is 9.78 Å². The Morgan fingerprint density at radius 1 is 1.30 bits per heavy atom. The summed E-state index contributed by atoms with van der Waals surface area (Å²) in [6.07, 6.45) is 5.17. The summed E-state index contributed by atoms with van der Waals surface area (Å²) in [4.78, 5) is 23.0. The van der Waals surface area contributed by atoms with Crippen molar-refractivity contribution in [2.24, 2.45) is 0 Å². The highest BCUT2D eigenvalue weighted by Gasteiger charge is 2.46. The summed E-state index contributed by atoms with van der Waals surface area (Å²) < 4.78 is 6.42. The number of benzene rings is 1. The lowest BCUT2D eigenvalue weighted by atomic mass is 10.1. The van der Waals surface area contributed by atoms with E-state index in [1.54, 1.807) is 12.4 Å². The summed E-state index contributed by atoms with van der Waals surface area (Å²) in [6.45, 7) is 2.44. The van der Waals surface area contributed by atoms with E-state index in [0.717, 1.165) is 27.8 Å². The Morgan fingerprint density at radius 2 is 2.15 bits per heavy atom. The predicted octanol–water partition coefficient (Wildman–Crippen LogP) is 4.79. The third-order valence-corrected chi connectivity index (χ3v) is 6.07. The van der Waals surface area contributed by atoms with Crippen LogP contribution in [0.25, 0.3) is 10.6 Å². The first-order valence-corrected chi connectivity index (χ1v) is 10.3. The van der Waals surface area contributed by atoms with Gasteiger partial charge in [0.05, 0.1) is 34.3 Å². The molecule has 0 saturated heterocycles. The Morgan fingerprint density at radius 3 is 2.89 bits per heavy atom. The minimum Gasteiger partial charge on any atom is -0.477 e. The van der Waals surface area contributed by atoms with Gasteiger partial charge in [-0.25, -0.2) is 4.98 Å². The zero-order chi connectivity index (χ0) is 18.9. The van der Waals surface area contributed by atoms with Crippen LogP contribution in [0.2, 0.25) is 0 Å². The fourth-order valence-electron chi connectivity index (χ4n) is 2.96. The minimum atomic E-state index is -0.250. The molecule has 4 rings (SSSR count). The molecule has 1 aliphatic rings. The number of nitrogens with one attached hydrogen (secondary N) is 1. The van der Waals surface area contributed by atoms with E-state index in [0.29, 0.717) is 23.1 Å². The molecule has 2 heterocycles. The smallest absolute Gasteiger partial charge is 0.262 e. The quantitative estimate of drug-likeness (QED) is 0.594. The van der Waals surface area contributed by atoms with Gasteiger partial charge < -0.3 is 10.1 Å². The lowest BCUT2D eigenvalue weighted by molar-refractivity contribution is 0.0935. The van der Waals surface area contributed by atoms with E-state index in [9.17, 15) is 4.79 Å². The highest BCUT2D eigenvalue weighted by atomic mass is 79.9. The van der Waals surface area contributed by atoms with Gasteiger partial charge in [0.15, 0.2) is 0 Å². The molecule has 1 amide bonds. The molecule has 1 saturated carbocycles. The molecule has 27 heavy (non-hydrogen) atoms. The zero-order valence-electron chi connectivity index (χ0n) is 14.7. The van der Waals surface area contributed by atoms with Crippen molar-refractivity contribution in [2.75, 3.05) is 6.61 Å². The van der Waals surface area contributed by atoms with E-state index in [1.165, 1.54) is 11.3 Å². The van der Waals surface area contributed by atoms with Crippen LogP contribution in [-0.4, -0.2) is 22.5 Å². The van der Waals surface area contributed by atoms with E-state index in [1.807, 2.05) is 31.2 Å². The summed E-state index contributed by atoms with van der Waals surface area (Å²) in [5, 5.41) is 3.21. The fraction of sp³-hybridized carbons (Fsp3) is 0.250. The Labute approximate surface area is 170 Å². The number of aromatic nitrogens is 2. The van der Waals surface area contributed by atoms with E-state index >= 15 is 0 Å². The van der Waals surface area contributed by atoms with Crippen LogP contribution >= 0.6 is 27.3 Å². The Hall–Kier alpha value is -2.25. The molecule has 2 aromatic heterocycles. The number of ether oxygens (including phenoxy) is 1. The van der Waals surface area contributed by atoms with Gasteiger partial charge in [0.2, 0.25) is 5.88 Å². The topological polar surface area (TPSA) is 64.1 Å². The first-order valence-electron chi connectivity index (χ1n) is 8.73. The monoisotopic (exact) mass is 443 g/mol. The normalized spacial score (nSPS) is 14.6.